The number of benzene rings is 1. The van der Waals surface area contributed by atoms with Crippen LogP contribution in [-0.4, -0.2) is 17.0 Å². The van der Waals surface area contributed by atoms with E-state index in [0.717, 1.165) is 6.07 Å². The number of anilines is 1. The third-order valence-corrected chi connectivity index (χ3v) is 2.56. The minimum Gasteiger partial charge on any atom is -0.439 e. The Hall–Kier alpha value is -2.38. The summed E-state index contributed by atoms with van der Waals surface area (Å²) in [5.41, 5.74) is 0.312. The lowest BCUT2D eigenvalue weighted by Gasteiger charge is -2.11. The predicted molar refractivity (Wildman–Crippen MR) is 67.8 cm³/mol. The highest BCUT2D eigenvalue weighted by Crippen LogP contribution is 2.30. The lowest BCUT2D eigenvalue weighted by atomic mass is 10.2. The van der Waals surface area contributed by atoms with Gasteiger partial charge in [0.05, 0.1) is 0 Å². The molecule has 0 aliphatic carbocycles. The molecule has 1 aromatic heterocycles. The zero-order valence-corrected chi connectivity index (χ0v) is 11.1. The summed E-state index contributed by atoms with van der Waals surface area (Å²) in [6, 6.07) is 5.05. The second-order valence-electron chi connectivity index (χ2n) is 4.18. The van der Waals surface area contributed by atoms with Crippen LogP contribution < -0.4 is 10.1 Å². The third kappa shape index (κ3) is 3.59. The molecule has 112 valence electrons. The molecule has 2 aromatic rings. The van der Waals surface area contributed by atoms with E-state index < -0.39 is 17.8 Å². The van der Waals surface area contributed by atoms with Gasteiger partial charge in [0.15, 0.2) is 0 Å². The van der Waals surface area contributed by atoms with E-state index in [-0.39, 0.29) is 17.4 Å². The molecule has 0 amide bonds. The van der Waals surface area contributed by atoms with Gasteiger partial charge in [-0.3, -0.25) is 0 Å². The number of aryl methyl sites for hydroxylation is 1. The molecule has 0 unspecified atom stereocenters. The molecule has 0 fully saturated rings. The van der Waals surface area contributed by atoms with Gasteiger partial charge >= 0.3 is 6.18 Å². The van der Waals surface area contributed by atoms with E-state index in [4.69, 9.17) is 4.74 Å². The quantitative estimate of drug-likeness (QED) is 0.877. The van der Waals surface area contributed by atoms with Gasteiger partial charge in [-0.1, -0.05) is 0 Å². The van der Waals surface area contributed by atoms with Crippen LogP contribution in [0, 0.1) is 12.7 Å². The van der Waals surface area contributed by atoms with Crippen LogP contribution in [-0.2, 0) is 6.18 Å². The summed E-state index contributed by atoms with van der Waals surface area (Å²) >= 11 is 0. The number of nitrogens with zero attached hydrogens (tertiary/aromatic N) is 2. The largest absolute Gasteiger partial charge is 0.451 e. The topological polar surface area (TPSA) is 47.0 Å². The van der Waals surface area contributed by atoms with Crippen LogP contribution in [0.15, 0.2) is 24.3 Å². The fourth-order valence-corrected chi connectivity index (χ4v) is 1.53. The molecule has 1 aromatic carbocycles. The molecule has 1 heterocycles. The van der Waals surface area contributed by atoms with Crippen LogP contribution in [0.3, 0.4) is 0 Å². The van der Waals surface area contributed by atoms with E-state index in [1.54, 1.807) is 0 Å². The van der Waals surface area contributed by atoms with Gasteiger partial charge in [-0.15, -0.1) is 0 Å². The lowest BCUT2D eigenvalue weighted by Crippen LogP contribution is -2.12. The molecule has 0 saturated heterocycles. The monoisotopic (exact) mass is 301 g/mol. The number of nitrogens with one attached hydrogen (secondary N) is 1. The Morgan fingerprint density at radius 2 is 1.86 bits per heavy atom. The van der Waals surface area contributed by atoms with Crippen molar-refractivity contribution in [2.75, 3.05) is 12.4 Å². The van der Waals surface area contributed by atoms with Crippen LogP contribution in [0.5, 0.6) is 11.6 Å². The van der Waals surface area contributed by atoms with E-state index in [0.29, 0.717) is 5.56 Å². The number of rotatable bonds is 3. The molecule has 0 aliphatic rings. The summed E-state index contributed by atoms with van der Waals surface area (Å²) in [5, 5.41) is 2.50. The van der Waals surface area contributed by atoms with Gasteiger partial charge in [-0.25, -0.2) is 9.37 Å². The van der Waals surface area contributed by atoms with Gasteiger partial charge in [0.1, 0.15) is 17.4 Å². The Kier molecular flexibility index (Phi) is 3.97. The Morgan fingerprint density at radius 1 is 1.14 bits per heavy atom. The zero-order chi connectivity index (χ0) is 15.6. The number of hydrogen-bond donors (Lipinski definition) is 1. The van der Waals surface area contributed by atoms with Crippen molar-refractivity contribution < 1.29 is 22.3 Å². The number of ether oxygens (including phenoxy) is 1. The van der Waals surface area contributed by atoms with Crippen molar-refractivity contribution in [1.82, 2.24) is 9.97 Å². The second kappa shape index (κ2) is 5.55. The maximum Gasteiger partial charge on any atom is 0.451 e. The van der Waals surface area contributed by atoms with Gasteiger partial charge in [0.2, 0.25) is 11.7 Å². The first-order chi connectivity index (χ1) is 9.79. The van der Waals surface area contributed by atoms with E-state index in [1.807, 2.05) is 0 Å². The van der Waals surface area contributed by atoms with Gasteiger partial charge in [0, 0.05) is 13.1 Å². The minimum absolute atomic E-state index is 0.0360. The normalized spacial score (nSPS) is 11.3. The lowest BCUT2D eigenvalue weighted by molar-refractivity contribution is -0.145. The van der Waals surface area contributed by atoms with Gasteiger partial charge in [-0.2, -0.15) is 18.2 Å². The van der Waals surface area contributed by atoms with Crippen molar-refractivity contribution in [3.63, 3.8) is 0 Å². The van der Waals surface area contributed by atoms with Crippen LogP contribution >= 0.6 is 0 Å². The summed E-state index contributed by atoms with van der Waals surface area (Å²) in [6.07, 6.45) is -4.69. The average Bonchev–Trinajstić information content (AvgIpc) is 2.41. The minimum atomic E-state index is -4.69. The van der Waals surface area contributed by atoms with Crippen molar-refractivity contribution in [2.24, 2.45) is 0 Å². The first-order valence-corrected chi connectivity index (χ1v) is 5.87. The van der Waals surface area contributed by atoms with Crippen molar-refractivity contribution in [2.45, 2.75) is 13.1 Å². The number of hydrogen-bond acceptors (Lipinski definition) is 4. The molecule has 4 nitrogen and oxygen atoms in total. The van der Waals surface area contributed by atoms with Crippen LogP contribution in [0.2, 0.25) is 0 Å². The average molecular weight is 301 g/mol. The number of alkyl halides is 3. The third-order valence-electron chi connectivity index (χ3n) is 2.56. The summed E-state index contributed by atoms with van der Waals surface area (Å²) < 4.78 is 56.4. The SMILES string of the molecule is CNc1cc(Oc2ccc(F)c(C)c2)nc(C(F)(F)F)n1. The fraction of sp³-hybridized carbons (Fsp3) is 0.231. The van der Waals surface area contributed by atoms with Crippen molar-refractivity contribution in [3.8, 4) is 11.6 Å². The molecular formula is C13H11F4N3O. The maximum atomic E-state index is 13.1. The fourth-order valence-electron chi connectivity index (χ4n) is 1.53. The molecular weight excluding hydrogens is 290 g/mol. The van der Waals surface area contributed by atoms with E-state index in [9.17, 15) is 17.6 Å². The van der Waals surface area contributed by atoms with Gasteiger partial charge in [-0.05, 0) is 30.7 Å². The van der Waals surface area contributed by atoms with Crippen molar-refractivity contribution in [3.05, 3.63) is 41.5 Å². The molecule has 0 saturated carbocycles. The molecule has 21 heavy (non-hydrogen) atoms. The maximum absolute atomic E-state index is 13.1. The molecule has 0 aliphatic heterocycles. The van der Waals surface area contributed by atoms with Crippen LogP contribution in [0.4, 0.5) is 23.4 Å². The van der Waals surface area contributed by atoms with Crippen molar-refractivity contribution in [1.29, 1.82) is 0 Å². The smallest absolute Gasteiger partial charge is 0.439 e. The summed E-state index contributed by atoms with van der Waals surface area (Å²) in [6.45, 7) is 1.52. The van der Waals surface area contributed by atoms with Gasteiger partial charge < -0.3 is 10.1 Å². The molecule has 0 bridgehead atoms. The molecule has 0 radical (unpaired) electrons. The van der Waals surface area contributed by atoms with E-state index in [2.05, 4.69) is 15.3 Å². The standard InChI is InChI=1S/C13H11F4N3O/c1-7-5-8(3-4-9(7)14)21-11-6-10(18-2)19-12(20-11)13(15,16)17/h3-6H,1-2H3,(H,18,19,20). The summed E-state index contributed by atoms with van der Waals surface area (Å²) in [4.78, 5) is 6.62. The zero-order valence-electron chi connectivity index (χ0n) is 11.1. The Balaban J connectivity index is 2.36. The summed E-state index contributed by atoms with van der Waals surface area (Å²) in [7, 11) is 1.42. The predicted octanol–water partition coefficient (Wildman–Crippen LogP) is 3.78. The Labute approximate surface area is 117 Å². The van der Waals surface area contributed by atoms with Crippen molar-refractivity contribution >= 4 is 5.82 Å². The molecule has 8 heteroatoms. The second-order valence-corrected chi connectivity index (χ2v) is 4.18. The van der Waals surface area contributed by atoms with Crippen LogP contribution in [0.1, 0.15) is 11.4 Å². The summed E-state index contributed by atoms with van der Waals surface area (Å²) in [5.74, 6) is -1.89. The van der Waals surface area contributed by atoms with Crippen LogP contribution in [0.25, 0.3) is 0 Å². The van der Waals surface area contributed by atoms with Gasteiger partial charge in [0.25, 0.3) is 0 Å². The number of halogens is 4. The Bertz CT molecular complexity index is 658. The highest BCUT2D eigenvalue weighted by atomic mass is 19.4. The van der Waals surface area contributed by atoms with E-state index in [1.165, 1.54) is 32.2 Å². The van der Waals surface area contributed by atoms with E-state index >= 15 is 0 Å². The highest BCUT2D eigenvalue weighted by molar-refractivity contribution is 5.40. The first kappa shape index (κ1) is 15.0. The first-order valence-electron chi connectivity index (χ1n) is 5.87. The molecule has 0 atom stereocenters. The highest BCUT2D eigenvalue weighted by Gasteiger charge is 2.35. The number of aromatic nitrogens is 2. The molecule has 2 rings (SSSR count). The Morgan fingerprint density at radius 3 is 2.43 bits per heavy atom. The molecule has 1 N–H and O–H groups in total. The molecule has 0 spiro atoms.